The summed E-state index contributed by atoms with van der Waals surface area (Å²) in [5.41, 5.74) is 3.86. The van der Waals surface area contributed by atoms with Gasteiger partial charge in [0, 0.05) is 75.1 Å². The minimum absolute atomic E-state index is 0.0422. The van der Waals surface area contributed by atoms with Crippen LogP contribution in [0.25, 0.3) is 5.57 Å². The minimum atomic E-state index is -0.217. The van der Waals surface area contributed by atoms with E-state index >= 15 is 0 Å². The highest BCUT2D eigenvalue weighted by Gasteiger charge is 2.44. The third-order valence-electron chi connectivity index (χ3n) is 9.27. The molecule has 12 nitrogen and oxygen atoms in total. The summed E-state index contributed by atoms with van der Waals surface area (Å²) < 4.78 is 1.76. The van der Waals surface area contributed by atoms with Gasteiger partial charge in [-0.3, -0.25) is 14.4 Å². The molecule has 2 aliphatic heterocycles. The average molecular weight is 663 g/mol. The number of amides is 3. The van der Waals surface area contributed by atoms with Crippen molar-refractivity contribution in [3.8, 4) is 6.07 Å². The fourth-order valence-corrected chi connectivity index (χ4v) is 6.43. The number of nitrogens with zero attached hydrogens (tertiary/aromatic N) is 7. The van der Waals surface area contributed by atoms with Gasteiger partial charge >= 0.3 is 6.03 Å². The van der Waals surface area contributed by atoms with Gasteiger partial charge in [0.05, 0.1) is 12.4 Å². The summed E-state index contributed by atoms with van der Waals surface area (Å²) in [5.74, 6) is 1.14. The number of carbonyl (C=O) groups excluding carboxylic acids is 2. The number of rotatable bonds is 14. The molecule has 3 N–H and O–H groups in total. The average Bonchev–Trinajstić information content (AvgIpc) is 3.84. The molecule has 0 aliphatic carbocycles. The molecule has 256 valence electrons. The largest absolute Gasteiger partial charge is 0.355 e. The van der Waals surface area contributed by atoms with Crippen LogP contribution >= 0.6 is 0 Å². The first-order valence-corrected chi connectivity index (χ1v) is 16.9. The molecule has 12 heteroatoms. The van der Waals surface area contributed by atoms with Crippen molar-refractivity contribution in [2.24, 2.45) is 12.5 Å². The van der Waals surface area contributed by atoms with Crippen LogP contribution in [-0.4, -0.2) is 68.8 Å². The molecule has 0 radical (unpaired) electrons. The Morgan fingerprint density at radius 2 is 2.08 bits per heavy atom. The van der Waals surface area contributed by atoms with Crippen LogP contribution in [0.2, 0.25) is 0 Å². The van der Waals surface area contributed by atoms with Crippen molar-refractivity contribution in [3.63, 3.8) is 0 Å². The molecule has 1 unspecified atom stereocenters. The summed E-state index contributed by atoms with van der Waals surface area (Å²) in [7, 11) is 1.88. The lowest BCUT2D eigenvalue weighted by Gasteiger charge is -2.25. The van der Waals surface area contributed by atoms with Crippen molar-refractivity contribution in [1.29, 1.82) is 5.26 Å². The van der Waals surface area contributed by atoms with Crippen LogP contribution in [-0.2, 0) is 18.4 Å². The van der Waals surface area contributed by atoms with Crippen molar-refractivity contribution >= 4 is 29.3 Å². The monoisotopic (exact) mass is 662 g/mol. The summed E-state index contributed by atoms with van der Waals surface area (Å²) in [5, 5.41) is 23.5. The van der Waals surface area contributed by atoms with Crippen LogP contribution in [0.3, 0.4) is 0 Å². The minimum Gasteiger partial charge on any atom is -0.355 e. The standard InChI is InChI=1S/C37H46N10O2/c1-5-29(31-23-42-45(4)24-31)15-14-27(3)47(36(49)40-21-28-11-8-7-9-12-28)17-10-13-32(6-2)43-35-39-22-30(20-38)34(44-35)46-18-16-37(26-46)19-33(48)41-25-37/h5,7-9,11-12,14-15,22-24,32H,3,6,10,13,16-19,21,25-26H2,1-2,4H3,(H,40,49)(H,41,48)(H,39,43,44)/b15-14-,29-5+/t32-,37?/m1/s1. The fraction of sp³-hybridized carbons (Fsp3) is 0.405. The predicted molar refractivity (Wildman–Crippen MR) is 191 cm³/mol. The third-order valence-corrected chi connectivity index (χ3v) is 9.27. The maximum Gasteiger partial charge on any atom is 0.322 e. The normalized spacial score (nSPS) is 18.0. The molecule has 2 atom stereocenters. The number of aryl methyl sites for hydroxylation is 1. The Labute approximate surface area is 288 Å². The molecular formula is C37H46N10O2. The van der Waals surface area contributed by atoms with Gasteiger partial charge in [-0.2, -0.15) is 15.3 Å². The summed E-state index contributed by atoms with van der Waals surface area (Å²) in [4.78, 5) is 38.5. The molecule has 0 bridgehead atoms. The Hall–Kier alpha value is -5.44. The van der Waals surface area contributed by atoms with Gasteiger partial charge in [0.2, 0.25) is 11.9 Å². The Balaban J connectivity index is 1.23. The van der Waals surface area contributed by atoms with Gasteiger partial charge < -0.3 is 20.9 Å². The smallest absolute Gasteiger partial charge is 0.322 e. The lowest BCUT2D eigenvalue weighted by atomic mass is 9.86. The van der Waals surface area contributed by atoms with E-state index in [0.29, 0.717) is 62.0 Å². The number of benzene rings is 1. The number of allylic oxidation sites excluding steroid dienone is 4. The lowest BCUT2D eigenvalue weighted by Crippen LogP contribution is -2.39. The summed E-state index contributed by atoms with van der Waals surface area (Å²) in [6, 6.07) is 11.9. The molecule has 2 fully saturated rings. The first-order valence-electron chi connectivity index (χ1n) is 16.9. The Morgan fingerprint density at radius 3 is 2.76 bits per heavy atom. The molecule has 2 aromatic heterocycles. The zero-order chi connectivity index (χ0) is 34.8. The van der Waals surface area contributed by atoms with E-state index in [-0.39, 0.29) is 23.4 Å². The summed E-state index contributed by atoms with van der Waals surface area (Å²) in [6.45, 7) is 11.3. The van der Waals surface area contributed by atoms with E-state index in [1.165, 1.54) is 0 Å². The molecule has 3 amide bonds. The second-order valence-corrected chi connectivity index (χ2v) is 12.8. The van der Waals surface area contributed by atoms with E-state index in [0.717, 1.165) is 42.5 Å². The highest BCUT2D eigenvalue weighted by molar-refractivity contribution is 5.80. The van der Waals surface area contributed by atoms with Gasteiger partial charge in [0.15, 0.2) is 5.82 Å². The van der Waals surface area contributed by atoms with Gasteiger partial charge in [-0.15, -0.1) is 0 Å². The Morgan fingerprint density at radius 1 is 1.27 bits per heavy atom. The second kappa shape index (κ2) is 16.1. The first kappa shape index (κ1) is 34.9. The number of nitriles is 1. The molecule has 1 aromatic carbocycles. The van der Waals surface area contributed by atoms with Crippen LogP contribution in [0.4, 0.5) is 16.6 Å². The SMILES string of the molecule is C=C(/C=C\C(=C/C)c1cnn(C)c1)N(CCC[C@@H](CC)Nc1ncc(C#N)c(N2CCC3(CNC(=O)C3)C2)n1)C(=O)NCc1ccccc1. The Kier molecular flexibility index (Phi) is 11.5. The topological polar surface area (TPSA) is 144 Å². The van der Waals surface area contributed by atoms with Crippen molar-refractivity contribution in [2.45, 2.75) is 58.5 Å². The van der Waals surface area contributed by atoms with Gasteiger partial charge in [-0.25, -0.2) is 9.78 Å². The lowest BCUT2D eigenvalue weighted by molar-refractivity contribution is -0.119. The van der Waals surface area contributed by atoms with E-state index in [2.05, 4.69) is 50.5 Å². The van der Waals surface area contributed by atoms with E-state index in [1.807, 2.05) is 74.9 Å². The Bertz CT molecular complexity index is 1740. The number of hydrogen-bond donors (Lipinski definition) is 3. The molecule has 49 heavy (non-hydrogen) atoms. The van der Waals surface area contributed by atoms with Crippen molar-refractivity contribution < 1.29 is 9.59 Å². The molecule has 2 aliphatic rings. The molecule has 0 saturated carbocycles. The number of urea groups is 1. The number of aromatic nitrogens is 4. The van der Waals surface area contributed by atoms with E-state index in [9.17, 15) is 14.9 Å². The van der Waals surface area contributed by atoms with Gasteiger partial charge in [-0.05, 0) is 49.8 Å². The van der Waals surface area contributed by atoms with E-state index in [1.54, 1.807) is 15.8 Å². The van der Waals surface area contributed by atoms with Crippen molar-refractivity contribution in [2.75, 3.05) is 36.4 Å². The van der Waals surface area contributed by atoms with E-state index in [4.69, 9.17) is 4.98 Å². The van der Waals surface area contributed by atoms with Crippen LogP contribution < -0.4 is 20.9 Å². The van der Waals surface area contributed by atoms with Gasteiger partial charge in [0.25, 0.3) is 0 Å². The molecule has 5 rings (SSSR count). The van der Waals surface area contributed by atoms with Crippen LogP contribution in [0.15, 0.2) is 79.4 Å². The predicted octanol–water partition coefficient (Wildman–Crippen LogP) is 5.15. The van der Waals surface area contributed by atoms with Gasteiger partial charge in [0.1, 0.15) is 11.6 Å². The molecule has 3 aromatic rings. The number of nitrogens with one attached hydrogen (secondary N) is 3. The second-order valence-electron chi connectivity index (χ2n) is 12.8. The zero-order valence-corrected chi connectivity index (χ0v) is 28.7. The van der Waals surface area contributed by atoms with Crippen LogP contribution in [0, 0.1) is 16.7 Å². The maximum atomic E-state index is 13.5. The highest BCUT2D eigenvalue weighted by atomic mass is 16.2. The van der Waals surface area contributed by atoms with Gasteiger partial charge in [-0.1, -0.05) is 56.0 Å². The zero-order valence-electron chi connectivity index (χ0n) is 28.7. The summed E-state index contributed by atoms with van der Waals surface area (Å²) >= 11 is 0. The summed E-state index contributed by atoms with van der Waals surface area (Å²) in [6.07, 6.45) is 14.8. The highest BCUT2D eigenvalue weighted by Crippen LogP contribution is 2.39. The molecule has 4 heterocycles. The van der Waals surface area contributed by atoms with Crippen molar-refractivity contribution in [3.05, 3.63) is 96.1 Å². The maximum absolute atomic E-state index is 13.5. The quantitative estimate of drug-likeness (QED) is 0.201. The number of hydrogen-bond acceptors (Lipinski definition) is 8. The number of anilines is 2. The molecular weight excluding hydrogens is 616 g/mol. The van der Waals surface area contributed by atoms with E-state index < -0.39 is 0 Å². The van der Waals surface area contributed by atoms with Crippen LogP contribution in [0.1, 0.15) is 62.6 Å². The molecule has 2 saturated heterocycles. The van der Waals surface area contributed by atoms with Crippen molar-refractivity contribution in [1.82, 2.24) is 35.3 Å². The molecule has 1 spiro atoms. The first-order chi connectivity index (χ1) is 23.7. The fourth-order valence-electron chi connectivity index (χ4n) is 6.43. The van der Waals surface area contributed by atoms with Crippen LogP contribution in [0.5, 0.6) is 0 Å². The third kappa shape index (κ3) is 8.93. The number of carbonyl (C=O) groups is 2.